The van der Waals surface area contributed by atoms with Crippen molar-refractivity contribution >= 4 is 11.8 Å². The van der Waals surface area contributed by atoms with E-state index in [2.05, 4.69) is 4.98 Å². The number of hydroxylamine groups is 1. The fraction of sp³-hybridized carbons (Fsp3) is 0. The van der Waals surface area contributed by atoms with Crippen molar-refractivity contribution in [1.82, 2.24) is 10.5 Å². The number of pyridine rings is 1. The minimum atomic E-state index is -0.818. The van der Waals surface area contributed by atoms with Gasteiger partial charge in [0.15, 0.2) is 0 Å². The summed E-state index contributed by atoms with van der Waals surface area (Å²) in [5.74, 6) is -1.57. The maximum Gasteiger partial charge on any atom is 0.277 e. The molecule has 0 atom stereocenters. The molecule has 0 fully saturated rings. The Bertz CT molecular complexity index is 351. The standard InChI is InChI=1S/C7H7N3O3/c8-6(11)4-1-2-9-3-5(4)7(12)10-13/h1-3,13H,(H2,8,11)(H,10,12). The average molecular weight is 181 g/mol. The molecule has 1 rings (SSSR count). The number of rotatable bonds is 2. The van der Waals surface area contributed by atoms with Crippen LogP contribution in [0.15, 0.2) is 18.5 Å². The van der Waals surface area contributed by atoms with Crippen LogP contribution in [0.5, 0.6) is 0 Å². The Morgan fingerprint density at radius 2 is 2.15 bits per heavy atom. The molecule has 0 radical (unpaired) electrons. The zero-order valence-corrected chi connectivity index (χ0v) is 6.52. The van der Waals surface area contributed by atoms with E-state index in [4.69, 9.17) is 10.9 Å². The summed E-state index contributed by atoms with van der Waals surface area (Å²) < 4.78 is 0. The molecule has 0 aliphatic rings. The molecule has 1 aromatic rings. The fourth-order valence-corrected chi connectivity index (χ4v) is 0.850. The first kappa shape index (κ1) is 9.14. The molecule has 0 aromatic carbocycles. The summed E-state index contributed by atoms with van der Waals surface area (Å²) in [4.78, 5) is 25.3. The van der Waals surface area contributed by atoms with Gasteiger partial charge in [0.1, 0.15) is 0 Å². The summed E-state index contributed by atoms with van der Waals surface area (Å²) in [6, 6.07) is 1.30. The molecule has 0 aliphatic carbocycles. The molecule has 2 amide bonds. The number of hydrogen-bond acceptors (Lipinski definition) is 4. The Labute approximate surface area is 73.3 Å². The molecule has 1 heterocycles. The fourth-order valence-electron chi connectivity index (χ4n) is 0.850. The van der Waals surface area contributed by atoms with Crippen LogP contribution in [0.1, 0.15) is 20.7 Å². The molecule has 4 N–H and O–H groups in total. The molecule has 0 saturated carbocycles. The summed E-state index contributed by atoms with van der Waals surface area (Å²) in [6.45, 7) is 0. The lowest BCUT2D eigenvalue weighted by Crippen LogP contribution is -2.24. The molecule has 13 heavy (non-hydrogen) atoms. The van der Waals surface area contributed by atoms with E-state index in [0.29, 0.717) is 0 Å². The molecule has 0 saturated heterocycles. The zero-order chi connectivity index (χ0) is 9.84. The highest BCUT2D eigenvalue weighted by molar-refractivity contribution is 6.05. The van der Waals surface area contributed by atoms with Gasteiger partial charge in [0.05, 0.1) is 11.1 Å². The van der Waals surface area contributed by atoms with Crippen LogP contribution in [-0.4, -0.2) is 22.0 Å². The number of primary amides is 1. The van der Waals surface area contributed by atoms with Crippen LogP contribution in [0.3, 0.4) is 0 Å². The lowest BCUT2D eigenvalue weighted by atomic mass is 10.1. The van der Waals surface area contributed by atoms with Crippen molar-refractivity contribution in [3.05, 3.63) is 29.6 Å². The Morgan fingerprint density at radius 3 is 2.69 bits per heavy atom. The molecule has 68 valence electrons. The highest BCUT2D eigenvalue weighted by Crippen LogP contribution is 2.05. The van der Waals surface area contributed by atoms with E-state index in [9.17, 15) is 9.59 Å². The van der Waals surface area contributed by atoms with Gasteiger partial charge >= 0.3 is 0 Å². The van der Waals surface area contributed by atoms with Crippen LogP contribution < -0.4 is 11.2 Å². The van der Waals surface area contributed by atoms with Crippen LogP contribution in [0.25, 0.3) is 0 Å². The van der Waals surface area contributed by atoms with Crippen molar-refractivity contribution in [3.8, 4) is 0 Å². The van der Waals surface area contributed by atoms with E-state index in [1.807, 2.05) is 0 Å². The molecular weight excluding hydrogens is 174 g/mol. The molecule has 0 bridgehead atoms. The molecule has 1 aromatic heterocycles. The molecule has 0 unspecified atom stereocenters. The summed E-state index contributed by atoms with van der Waals surface area (Å²) in [5, 5.41) is 8.32. The quantitative estimate of drug-likeness (QED) is 0.414. The van der Waals surface area contributed by atoms with Gasteiger partial charge in [-0.05, 0) is 6.07 Å². The summed E-state index contributed by atoms with van der Waals surface area (Å²) >= 11 is 0. The van der Waals surface area contributed by atoms with Gasteiger partial charge in [0.25, 0.3) is 5.91 Å². The van der Waals surface area contributed by atoms with Gasteiger partial charge < -0.3 is 5.73 Å². The van der Waals surface area contributed by atoms with Gasteiger partial charge in [-0.3, -0.25) is 19.8 Å². The first-order valence-electron chi connectivity index (χ1n) is 3.35. The molecular formula is C7H7N3O3. The number of hydrogen-bond donors (Lipinski definition) is 3. The van der Waals surface area contributed by atoms with Crippen LogP contribution in [0.4, 0.5) is 0 Å². The number of carbonyl (C=O) groups is 2. The number of carbonyl (C=O) groups excluding carboxylic acids is 2. The van der Waals surface area contributed by atoms with Gasteiger partial charge in [0.2, 0.25) is 5.91 Å². The number of nitrogens with two attached hydrogens (primary N) is 1. The second-order valence-electron chi connectivity index (χ2n) is 2.23. The Morgan fingerprint density at radius 1 is 1.46 bits per heavy atom. The Kier molecular flexibility index (Phi) is 2.56. The Balaban J connectivity index is 3.19. The lowest BCUT2D eigenvalue weighted by Gasteiger charge is -2.02. The van der Waals surface area contributed by atoms with E-state index in [1.165, 1.54) is 17.7 Å². The third-order valence-corrected chi connectivity index (χ3v) is 1.43. The van der Waals surface area contributed by atoms with Gasteiger partial charge in [-0.1, -0.05) is 0 Å². The third kappa shape index (κ3) is 1.79. The van der Waals surface area contributed by atoms with Crippen molar-refractivity contribution in [2.75, 3.05) is 0 Å². The number of amides is 2. The predicted molar refractivity (Wildman–Crippen MR) is 42.0 cm³/mol. The SMILES string of the molecule is NC(=O)c1ccncc1C(=O)NO. The van der Waals surface area contributed by atoms with Gasteiger partial charge in [-0.2, -0.15) is 0 Å². The molecule has 6 heteroatoms. The van der Waals surface area contributed by atoms with E-state index < -0.39 is 11.8 Å². The van der Waals surface area contributed by atoms with E-state index >= 15 is 0 Å². The first-order valence-corrected chi connectivity index (χ1v) is 3.35. The second kappa shape index (κ2) is 3.63. The predicted octanol–water partition coefficient (Wildman–Crippen LogP) is -0.701. The van der Waals surface area contributed by atoms with Crippen molar-refractivity contribution in [1.29, 1.82) is 0 Å². The summed E-state index contributed by atoms with van der Waals surface area (Å²) in [6.07, 6.45) is 2.47. The van der Waals surface area contributed by atoms with Crippen LogP contribution in [0, 0.1) is 0 Å². The van der Waals surface area contributed by atoms with E-state index in [1.54, 1.807) is 0 Å². The van der Waals surface area contributed by atoms with Crippen molar-refractivity contribution in [3.63, 3.8) is 0 Å². The highest BCUT2D eigenvalue weighted by Gasteiger charge is 2.13. The lowest BCUT2D eigenvalue weighted by molar-refractivity contribution is 0.0702. The van der Waals surface area contributed by atoms with E-state index in [-0.39, 0.29) is 11.1 Å². The molecule has 0 aliphatic heterocycles. The van der Waals surface area contributed by atoms with E-state index in [0.717, 1.165) is 6.20 Å². The third-order valence-electron chi connectivity index (χ3n) is 1.43. The monoisotopic (exact) mass is 181 g/mol. The van der Waals surface area contributed by atoms with Crippen LogP contribution >= 0.6 is 0 Å². The number of nitrogens with zero attached hydrogens (tertiary/aromatic N) is 1. The molecule has 0 spiro atoms. The van der Waals surface area contributed by atoms with Crippen molar-refractivity contribution in [2.24, 2.45) is 5.73 Å². The second-order valence-corrected chi connectivity index (χ2v) is 2.23. The summed E-state index contributed by atoms with van der Waals surface area (Å²) in [7, 11) is 0. The maximum atomic E-state index is 10.9. The minimum Gasteiger partial charge on any atom is -0.366 e. The van der Waals surface area contributed by atoms with Gasteiger partial charge in [-0.25, -0.2) is 5.48 Å². The first-order chi connectivity index (χ1) is 6.16. The minimum absolute atomic E-state index is 0.0153. The Hall–Kier alpha value is -1.95. The van der Waals surface area contributed by atoms with Crippen molar-refractivity contribution < 1.29 is 14.8 Å². The van der Waals surface area contributed by atoms with Gasteiger partial charge in [-0.15, -0.1) is 0 Å². The van der Waals surface area contributed by atoms with Crippen LogP contribution in [0.2, 0.25) is 0 Å². The smallest absolute Gasteiger partial charge is 0.277 e. The number of nitrogens with one attached hydrogen (secondary N) is 1. The largest absolute Gasteiger partial charge is 0.366 e. The normalized spacial score (nSPS) is 9.31. The molecule has 6 nitrogen and oxygen atoms in total. The van der Waals surface area contributed by atoms with Gasteiger partial charge in [0, 0.05) is 12.4 Å². The summed E-state index contributed by atoms with van der Waals surface area (Å²) in [5.41, 5.74) is 6.33. The highest BCUT2D eigenvalue weighted by atomic mass is 16.5. The van der Waals surface area contributed by atoms with Crippen molar-refractivity contribution in [2.45, 2.75) is 0 Å². The van der Waals surface area contributed by atoms with Crippen LogP contribution in [-0.2, 0) is 0 Å². The topological polar surface area (TPSA) is 105 Å². The zero-order valence-electron chi connectivity index (χ0n) is 6.52. The number of aromatic nitrogens is 1. The average Bonchev–Trinajstić information content (AvgIpc) is 2.16. The maximum absolute atomic E-state index is 10.9.